The summed E-state index contributed by atoms with van der Waals surface area (Å²) in [6.45, 7) is 7.49. The molecule has 0 bridgehead atoms. The van der Waals surface area contributed by atoms with Gasteiger partial charge in [0.15, 0.2) is 0 Å². The van der Waals surface area contributed by atoms with Gasteiger partial charge in [-0.25, -0.2) is 0 Å². The van der Waals surface area contributed by atoms with E-state index >= 15 is 0 Å². The van der Waals surface area contributed by atoms with Gasteiger partial charge in [-0.2, -0.15) is 0 Å². The van der Waals surface area contributed by atoms with Crippen molar-refractivity contribution in [1.82, 2.24) is 4.90 Å². The molecule has 1 rings (SSSR count). The van der Waals surface area contributed by atoms with Crippen LogP contribution >= 0.6 is 0 Å². The molecule has 0 aromatic heterocycles. The van der Waals surface area contributed by atoms with Crippen molar-refractivity contribution in [1.29, 1.82) is 0 Å². The number of methoxy groups -OCH3 is 1. The molecule has 4 heteroatoms. The van der Waals surface area contributed by atoms with E-state index in [0.29, 0.717) is 19.1 Å². The Bertz CT molecular complexity index is 269. The van der Waals surface area contributed by atoms with Crippen molar-refractivity contribution in [3.63, 3.8) is 0 Å². The molecule has 1 aliphatic carbocycles. The van der Waals surface area contributed by atoms with Gasteiger partial charge in [0.25, 0.3) is 0 Å². The van der Waals surface area contributed by atoms with E-state index in [0.717, 1.165) is 19.3 Å². The molecule has 2 N–H and O–H groups in total. The molecule has 1 aliphatic rings. The zero-order valence-corrected chi connectivity index (χ0v) is 12.2. The van der Waals surface area contributed by atoms with Crippen molar-refractivity contribution in [3.05, 3.63) is 0 Å². The van der Waals surface area contributed by atoms with Gasteiger partial charge in [-0.05, 0) is 32.6 Å². The highest BCUT2D eigenvalue weighted by atomic mass is 16.5. The summed E-state index contributed by atoms with van der Waals surface area (Å²) in [5, 5.41) is 0. The second-order valence-electron chi connectivity index (χ2n) is 5.71. The van der Waals surface area contributed by atoms with E-state index < -0.39 is 0 Å². The van der Waals surface area contributed by atoms with Crippen LogP contribution in [-0.2, 0) is 9.53 Å². The minimum absolute atomic E-state index is 0.00648. The van der Waals surface area contributed by atoms with Crippen LogP contribution in [0.15, 0.2) is 0 Å². The lowest BCUT2D eigenvalue weighted by Crippen LogP contribution is -2.51. The lowest BCUT2D eigenvalue weighted by molar-refractivity contribution is -0.140. The summed E-state index contributed by atoms with van der Waals surface area (Å²) in [6, 6.07) is 0.215. The molecule has 3 atom stereocenters. The second kappa shape index (κ2) is 7.10. The number of nitrogens with zero attached hydrogens (tertiary/aromatic N) is 1. The predicted octanol–water partition coefficient (Wildman–Crippen LogP) is 1.63. The van der Waals surface area contributed by atoms with Crippen molar-refractivity contribution < 1.29 is 9.53 Å². The normalized spacial score (nSPS) is 28.4. The number of rotatable bonds is 5. The van der Waals surface area contributed by atoms with Gasteiger partial charge in [-0.3, -0.25) is 4.79 Å². The monoisotopic (exact) mass is 256 g/mol. The van der Waals surface area contributed by atoms with Gasteiger partial charge in [-0.1, -0.05) is 13.3 Å². The van der Waals surface area contributed by atoms with E-state index in [9.17, 15) is 4.79 Å². The van der Waals surface area contributed by atoms with Crippen molar-refractivity contribution in [2.24, 2.45) is 17.6 Å². The number of hydrogen-bond donors (Lipinski definition) is 1. The minimum Gasteiger partial charge on any atom is -0.383 e. The second-order valence-corrected chi connectivity index (χ2v) is 5.71. The summed E-state index contributed by atoms with van der Waals surface area (Å²) in [5.41, 5.74) is 6.21. The number of nitrogens with two attached hydrogens (primary N) is 1. The van der Waals surface area contributed by atoms with E-state index in [1.807, 2.05) is 18.7 Å². The Hall–Kier alpha value is -0.610. The quantitative estimate of drug-likeness (QED) is 0.813. The fourth-order valence-corrected chi connectivity index (χ4v) is 2.75. The first kappa shape index (κ1) is 15.4. The highest BCUT2D eigenvalue weighted by molar-refractivity contribution is 5.80. The van der Waals surface area contributed by atoms with Gasteiger partial charge in [0.1, 0.15) is 0 Å². The van der Waals surface area contributed by atoms with Crippen molar-refractivity contribution >= 4 is 5.91 Å². The first-order valence-corrected chi connectivity index (χ1v) is 7.04. The summed E-state index contributed by atoms with van der Waals surface area (Å²) in [6.07, 6.45) is 3.19. The Balaban J connectivity index is 2.69. The first-order valence-electron chi connectivity index (χ1n) is 7.04. The molecular weight excluding hydrogens is 228 g/mol. The SMILES string of the molecule is COCCN(C(=O)C1CCCC(C)C1N)C(C)C. The van der Waals surface area contributed by atoms with E-state index in [1.54, 1.807) is 7.11 Å². The van der Waals surface area contributed by atoms with E-state index in [1.165, 1.54) is 0 Å². The van der Waals surface area contributed by atoms with Crippen LogP contribution in [0.2, 0.25) is 0 Å². The lowest BCUT2D eigenvalue weighted by atomic mass is 9.77. The molecule has 1 amide bonds. The van der Waals surface area contributed by atoms with Crippen LogP contribution < -0.4 is 5.73 Å². The molecule has 0 saturated heterocycles. The molecule has 106 valence electrons. The van der Waals surface area contributed by atoms with Crippen LogP contribution in [0.4, 0.5) is 0 Å². The third kappa shape index (κ3) is 3.69. The fourth-order valence-electron chi connectivity index (χ4n) is 2.75. The van der Waals surface area contributed by atoms with Crippen LogP contribution in [0.1, 0.15) is 40.0 Å². The molecule has 0 aromatic rings. The zero-order chi connectivity index (χ0) is 13.7. The predicted molar refractivity (Wildman–Crippen MR) is 73.2 cm³/mol. The lowest BCUT2D eigenvalue weighted by Gasteiger charge is -2.37. The van der Waals surface area contributed by atoms with Gasteiger partial charge in [0.2, 0.25) is 5.91 Å². The number of ether oxygens (including phenoxy) is 1. The van der Waals surface area contributed by atoms with E-state index in [-0.39, 0.29) is 23.9 Å². The Morgan fingerprint density at radius 2 is 2.11 bits per heavy atom. The van der Waals surface area contributed by atoms with Crippen molar-refractivity contribution in [3.8, 4) is 0 Å². The van der Waals surface area contributed by atoms with Crippen LogP contribution in [0.3, 0.4) is 0 Å². The van der Waals surface area contributed by atoms with Gasteiger partial charge >= 0.3 is 0 Å². The van der Waals surface area contributed by atoms with Crippen molar-refractivity contribution in [2.75, 3.05) is 20.3 Å². The van der Waals surface area contributed by atoms with Crippen LogP contribution in [0.5, 0.6) is 0 Å². The molecule has 0 aromatic carbocycles. The molecule has 4 nitrogen and oxygen atoms in total. The maximum Gasteiger partial charge on any atom is 0.227 e. The van der Waals surface area contributed by atoms with Gasteiger partial charge < -0.3 is 15.4 Å². The summed E-state index contributed by atoms with van der Waals surface area (Å²) >= 11 is 0. The zero-order valence-electron chi connectivity index (χ0n) is 12.2. The highest BCUT2D eigenvalue weighted by Crippen LogP contribution is 2.29. The number of hydrogen-bond acceptors (Lipinski definition) is 3. The summed E-state index contributed by atoms with van der Waals surface area (Å²) in [4.78, 5) is 14.5. The Labute approximate surface area is 111 Å². The molecular formula is C14H28N2O2. The first-order chi connectivity index (χ1) is 8.49. The average molecular weight is 256 g/mol. The molecule has 0 aliphatic heterocycles. The van der Waals surface area contributed by atoms with Gasteiger partial charge in [-0.15, -0.1) is 0 Å². The maximum absolute atomic E-state index is 12.6. The number of amides is 1. The summed E-state index contributed by atoms with van der Waals surface area (Å²) in [7, 11) is 1.66. The standard InChI is InChI=1S/C14H28N2O2/c1-10(2)16(8-9-18-4)14(17)12-7-5-6-11(3)13(12)15/h10-13H,5-9,15H2,1-4H3. The molecule has 18 heavy (non-hydrogen) atoms. The molecule has 0 heterocycles. The average Bonchev–Trinajstić information content (AvgIpc) is 2.32. The number of carbonyl (C=O) groups excluding carboxylic acids is 1. The summed E-state index contributed by atoms with van der Waals surface area (Å²) in [5.74, 6) is 0.651. The molecule has 1 fully saturated rings. The fraction of sp³-hybridized carbons (Fsp3) is 0.929. The third-order valence-corrected chi connectivity index (χ3v) is 4.06. The number of carbonyl (C=O) groups is 1. The van der Waals surface area contributed by atoms with E-state index in [2.05, 4.69) is 6.92 Å². The Morgan fingerprint density at radius 3 is 2.67 bits per heavy atom. The van der Waals surface area contributed by atoms with E-state index in [4.69, 9.17) is 10.5 Å². The minimum atomic E-state index is -0.00648. The topological polar surface area (TPSA) is 55.6 Å². The van der Waals surface area contributed by atoms with Crippen LogP contribution in [0.25, 0.3) is 0 Å². The maximum atomic E-state index is 12.6. The Morgan fingerprint density at radius 1 is 1.44 bits per heavy atom. The van der Waals surface area contributed by atoms with Crippen LogP contribution in [-0.4, -0.2) is 43.2 Å². The molecule has 1 saturated carbocycles. The van der Waals surface area contributed by atoms with Crippen molar-refractivity contribution in [2.45, 2.75) is 52.1 Å². The third-order valence-electron chi connectivity index (χ3n) is 4.06. The van der Waals surface area contributed by atoms with Crippen LogP contribution in [0, 0.1) is 11.8 Å². The highest BCUT2D eigenvalue weighted by Gasteiger charge is 2.35. The molecule has 0 radical (unpaired) electrons. The Kier molecular flexibility index (Phi) is 6.09. The molecule has 0 spiro atoms. The van der Waals surface area contributed by atoms with Gasteiger partial charge in [0.05, 0.1) is 12.5 Å². The van der Waals surface area contributed by atoms with Gasteiger partial charge in [0, 0.05) is 25.7 Å². The largest absolute Gasteiger partial charge is 0.383 e. The smallest absolute Gasteiger partial charge is 0.227 e. The summed E-state index contributed by atoms with van der Waals surface area (Å²) < 4.78 is 5.08. The molecule has 3 unspecified atom stereocenters.